The molecule has 36 nitrogen and oxygen atoms in total. The van der Waals surface area contributed by atoms with Crippen LogP contribution < -0.4 is 5.73 Å². The Morgan fingerprint density at radius 3 is 1.50 bits per heavy atom. The number of allylic oxidation sites excluding steroid dienone is 6. The SMILES string of the molecule is C#CC#CCC(Cl)C(O)C(O)C(O)C(O)C(O)CC(O)C(O[C@@H]1O[C@@H](CO)[C@@H](O)[C@@H]1O)C(O)C[C@H]1O[C@@H]([C@H]2O[C@H]3CC[C@H]([C@H]4O[C@H]5[C@@H](Cl)C[C@H]([C@H]6O[C@H]7[C@@H](O)C[C@H]([C@H]8CC[C@@H]9O[C@H]([C@@H]%10CC[C@H]%11O[C@H]%12C[C@H]%13O[C@H]%14CC[C@H](/C=C/C=C/CC(N)C/C=C/C=C/C#CCCC#C/C=C/Cl)O[C@@H]%14C[C@@H]%13O[C@@H]%12C[C@H](O)[C@@H]%11O%10)[C@H](C)C[C@H]9O8)O[C@@H]7C[C@@H]6O)O[C@@H]5C[C@H]4O)O[C@@H]3[C@@H](O)[C@H]2O)[C@@H](O)[C@H](O)[C@@H]1O. The van der Waals surface area contributed by atoms with Crippen molar-refractivity contribution in [3.63, 3.8) is 0 Å². The van der Waals surface area contributed by atoms with Gasteiger partial charge in [0.05, 0.1) is 188 Å². The number of unbranched alkanes of at least 4 members (excludes halogenated alkanes) is 1. The lowest BCUT2D eigenvalue weighted by atomic mass is 9.81. The lowest BCUT2D eigenvalue weighted by Crippen LogP contribution is -2.70. The normalized spacial score (nSPS) is 46.6. The number of hydrogen-bond donors (Lipinski definition) is 20. The number of aliphatic hydroxyl groups is 19. The zero-order valence-corrected chi connectivity index (χ0v) is 77.4. The first-order chi connectivity index (χ1) is 64.9. The number of nitrogens with two attached hydrogens (primary N) is 1. The van der Waals surface area contributed by atoms with E-state index in [2.05, 4.69) is 54.6 Å². The van der Waals surface area contributed by atoms with Crippen molar-refractivity contribution in [2.45, 2.75) is 471 Å². The fourth-order valence-corrected chi connectivity index (χ4v) is 23.3. The zero-order chi connectivity index (χ0) is 95.9. The molecule has 15 rings (SSSR count). The zero-order valence-electron chi connectivity index (χ0n) is 75.2. The Bertz CT molecular complexity index is 4180. The summed E-state index contributed by atoms with van der Waals surface area (Å²) in [7, 11) is 0. The van der Waals surface area contributed by atoms with E-state index in [4.69, 9.17) is 123 Å². The standard InChI is InChI=1S/C96H136Cl3NO35/c1-3-4-15-23-47(98)75(109)79(113)80(114)76(110)49(102)35-50(103)88(135-96-85(119)78(112)74(43-101)132-96)51(104)38-70-77(111)81(115)82(116)94(131-70)95-84(118)83(117)93-62(130-95)31-30-61(129-93)90-54(107)39-72-87(133-90)48(99)34-71(126-72)91-55(108)40-73-92(134-91)53(106)36-64(125-73)57-26-27-58-63(121-57)33-44(2)86(127-58)59-28-29-60-89(128-59)52(105)37-65-67(123-60)42-68-69(124-65)41-66-56(122-68)25-24-46(120-66)22-18-14-17-21-45(100)20-16-12-10-8-6-5-7-9-11-13-19-32-97/h1,8,10,12,14,16-19,22,32,44-96,101-119H,7,9,20-21,23-31,33-43,100H2,2H3/b10-8+,16-12+,17-14+,22-18+,32-19+/t44-,45?,46+,47?,48+,49?,50?,51?,52+,53+,54-,55+,56+,57-,58+,59+,60-,61-,62+,63-,64-,65-,66-,67+,68-,69+,70-,71-,72-,73-,74+,75?,76?,77-,78-,79?,80?,81-,82+,83+,84-,85+,86+,87+,88?,89+,90+,91+,92+,93+,94-,95+,96+/m1/s1. The summed E-state index contributed by atoms with van der Waals surface area (Å²) < 4.78 is 104. The van der Waals surface area contributed by atoms with Crippen LogP contribution in [-0.4, -0.2) is 420 Å². The summed E-state index contributed by atoms with van der Waals surface area (Å²) in [6.07, 6.45) is -26.7. The van der Waals surface area contributed by atoms with E-state index < -0.39 is 250 Å². The summed E-state index contributed by atoms with van der Waals surface area (Å²) in [4.78, 5) is 0. The van der Waals surface area contributed by atoms with Gasteiger partial charge in [-0.3, -0.25) is 0 Å². The molecular formula is C96H136Cl3NO35. The summed E-state index contributed by atoms with van der Waals surface area (Å²) in [5.41, 5.74) is 7.76. The minimum Gasteiger partial charge on any atom is -0.394 e. The molecule has 0 radical (unpaired) electrons. The number of aliphatic hydroxyl groups excluding tert-OH is 19. The molecule has 15 aliphatic rings. The van der Waals surface area contributed by atoms with E-state index in [0.717, 1.165) is 25.7 Å². The Morgan fingerprint density at radius 1 is 0.407 bits per heavy atom. The molecule has 0 aromatic rings. The second kappa shape index (κ2) is 48.4. The van der Waals surface area contributed by atoms with Gasteiger partial charge in [-0.2, -0.15) is 0 Å². The van der Waals surface area contributed by atoms with Crippen LogP contribution in [0.5, 0.6) is 0 Å². The third kappa shape index (κ3) is 25.0. The van der Waals surface area contributed by atoms with E-state index in [9.17, 15) is 97.0 Å². The molecule has 0 aromatic heterocycles. The smallest absolute Gasteiger partial charge is 0.187 e. The summed E-state index contributed by atoms with van der Waals surface area (Å²) in [5, 5.41) is 212. The number of terminal acetylenes is 1. The van der Waals surface area contributed by atoms with Crippen molar-refractivity contribution in [1.82, 2.24) is 0 Å². The Balaban J connectivity index is 0.481. The average Bonchev–Trinajstić information content (AvgIpc) is 1.51. The first kappa shape index (κ1) is 106. The number of fused-ring (bicyclic) bond motifs is 8. The van der Waals surface area contributed by atoms with Crippen LogP contribution in [0, 0.1) is 53.8 Å². The molecule has 0 aliphatic carbocycles. The van der Waals surface area contributed by atoms with Gasteiger partial charge >= 0.3 is 0 Å². The molecule has 0 amide bonds. The van der Waals surface area contributed by atoms with Gasteiger partial charge in [0.25, 0.3) is 0 Å². The maximum Gasteiger partial charge on any atom is 0.187 e. The van der Waals surface area contributed by atoms with E-state index in [1.54, 1.807) is 6.08 Å². The maximum atomic E-state index is 12.0. The van der Waals surface area contributed by atoms with Crippen LogP contribution in [0.4, 0.5) is 0 Å². The fraction of sp³-hybridized carbons (Fsp3) is 0.812. The molecule has 15 heterocycles. The highest BCUT2D eigenvalue weighted by Gasteiger charge is 2.62. The van der Waals surface area contributed by atoms with E-state index in [1.165, 1.54) is 5.54 Å². The number of rotatable bonds is 28. The van der Waals surface area contributed by atoms with E-state index in [0.29, 0.717) is 64.2 Å². The number of hydrogen-bond acceptors (Lipinski definition) is 36. The van der Waals surface area contributed by atoms with Gasteiger partial charge < -0.3 is 179 Å². The summed E-state index contributed by atoms with van der Waals surface area (Å²) in [5.74, 6) is 18.6. The van der Waals surface area contributed by atoms with Gasteiger partial charge in [-0.25, -0.2) is 0 Å². The topological polar surface area (TPSA) is 558 Å². The van der Waals surface area contributed by atoms with Crippen molar-refractivity contribution in [2.75, 3.05) is 6.61 Å². The fourth-order valence-electron chi connectivity index (χ4n) is 22.6. The molecule has 53 atom stereocenters. The molecule has 0 aromatic carbocycles. The number of ether oxygens (including phenoxy) is 16. The average molecular weight is 1970 g/mol. The lowest BCUT2D eigenvalue weighted by Gasteiger charge is -2.54. The Morgan fingerprint density at radius 2 is 0.859 bits per heavy atom. The molecule has 21 N–H and O–H groups in total. The minimum atomic E-state index is -2.35. The van der Waals surface area contributed by atoms with Crippen molar-refractivity contribution < 1.29 is 173 Å². The predicted octanol–water partition coefficient (Wildman–Crippen LogP) is -1.90. The van der Waals surface area contributed by atoms with Gasteiger partial charge in [-0.1, -0.05) is 90.7 Å². The van der Waals surface area contributed by atoms with Crippen molar-refractivity contribution in [3.8, 4) is 47.9 Å². The Hall–Kier alpha value is -3.63. The molecule has 15 aliphatic heterocycles. The van der Waals surface area contributed by atoms with Crippen LogP contribution >= 0.6 is 34.8 Å². The largest absolute Gasteiger partial charge is 0.394 e. The first-order valence-electron chi connectivity index (χ1n) is 48.0. The monoisotopic (exact) mass is 1970 g/mol. The van der Waals surface area contributed by atoms with E-state index in [-0.39, 0.29) is 136 Å². The molecule has 10 unspecified atom stereocenters. The quantitative estimate of drug-likeness (QED) is 0.0176. The Kier molecular flexibility index (Phi) is 37.9. The van der Waals surface area contributed by atoms with Crippen molar-refractivity contribution in [3.05, 3.63) is 60.2 Å². The van der Waals surface area contributed by atoms with E-state index in [1.807, 2.05) is 42.4 Å². The highest BCUT2D eigenvalue weighted by atomic mass is 35.5. The van der Waals surface area contributed by atoms with Crippen LogP contribution in [-0.2, 0) is 75.8 Å². The molecule has 0 spiro atoms. The van der Waals surface area contributed by atoms with Gasteiger partial charge in [-0.15, -0.1) is 29.6 Å². The third-order valence-electron chi connectivity index (χ3n) is 29.8. The first-order valence-corrected chi connectivity index (χ1v) is 49.4. The van der Waals surface area contributed by atoms with Gasteiger partial charge in [-0.05, 0) is 107 Å². The second-order valence-corrected chi connectivity index (χ2v) is 40.5. The molecular weight excluding hydrogens is 1830 g/mol. The lowest BCUT2D eigenvalue weighted by molar-refractivity contribution is -0.329. The summed E-state index contributed by atoms with van der Waals surface area (Å²) >= 11 is 18.8. The highest BCUT2D eigenvalue weighted by Crippen LogP contribution is 2.49. The molecule has 15 saturated heterocycles. The summed E-state index contributed by atoms with van der Waals surface area (Å²) in [6, 6.07) is -0.0104. The Labute approximate surface area is 800 Å². The molecule has 756 valence electrons. The van der Waals surface area contributed by atoms with Crippen molar-refractivity contribution >= 4 is 34.8 Å². The van der Waals surface area contributed by atoms with Crippen LogP contribution in [0.3, 0.4) is 0 Å². The van der Waals surface area contributed by atoms with E-state index >= 15 is 0 Å². The van der Waals surface area contributed by atoms with Crippen LogP contribution in [0.15, 0.2) is 60.2 Å². The van der Waals surface area contributed by atoms with Gasteiger partial charge in [0.2, 0.25) is 0 Å². The highest BCUT2D eigenvalue weighted by molar-refractivity contribution is 6.25. The third-order valence-corrected chi connectivity index (χ3v) is 30.7. The van der Waals surface area contributed by atoms with Crippen LogP contribution in [0.2, 0.25) is 0 Å². The molecule has 0 bridgehead atoms. The van der Waals surface area contributed by atoms with Gasteiger partial charge in [0.1, 0.15) is 122 Å². The maximum absolute atomic E-state index is 12.0. The second-order valence-electron chi connectivity index (χ2n) is 39.1. The van der Waals surface area contributed by atoms with Crippen molar-refractivity contribution in [1.29, 1.82) is 0 Å². The summed E-state index contributed by atoms with van der Waals surface area (Å²) in [6.45, 7) is 1.30. The molecule has 15 fully saturated rings. The van der Waals surface area contributed by atoms with Gasteiger partial charge in [0.15, 0.2) is 6.29 Å². The molecule has 39 heteroatoms. The van der Waals surface area contributed by atoms with Crippen molar-refractivity contribution in [2.24, 2.45) is 11.7 Å². The van der Waals surface area contributed by atoms with Crippen LogP contribution in [0.25, 0.3) is 0 Å². The van der Waals surface area contributed by atoms with Crippen LogP contribution in [0.1, 0.15) is 155 Å². The number of halogens is 3. The minimum absolute atomic E-state index is 0.0104. The number of alkyl halides is 2. The molecule has 135 heavy (non-hydrogen) atoms. The van der Waals surface area contributed by atoms with Gasteiger partial charge in [0, 0.05) is 82.2 Å². The predicted molar refractivity (Wildman–Crippen MR) is 476 cm³/mol. The molecule has 0 saturated carbocycles.